The third-order valence-corrected chi connectivity index (χ3v) is 5.54. The summed E-state index contributed by atoms with van der Waals surface area (Å²) in [5.74, 6) is 0. The third-order valence-electron chi connectivity index (χ3n) is 4.73. The molecular weight excluding hydrogens is 284 g/mol. The third kappa shape index (κ3) is 1.26. The number of benzene rings is 2. The lowest BCUT2D eigenvalue weighted by Crippen LogP contribution is -2.12. The van der Waals surface area contributed by atoms with Crippen molar-refractivity contribution < 1.29 is 0 Å². The van der Waals surface area contributed by atoms with E-state index >= 15 is 0 Å². The molecule has 0 saturated heterocycles. The van der Waals surface area contributed by atoms with Crippen molar-refractivity contribution >= 4 is 26.7 Å². The molecule has 2 aliphatic carbocycles. The smallest absolute Gasteiger partial charge is 0.0406 e. The minimum Gasteiger partial charge on any atom is -0.0838 e. The van der Waals surface area contributed by atoms with Crippen molar-refractivity contribution in [2.24, 2.45) is 0 Å². The monoisotopic (exact) mass is 300 g/mol. The van der Waals surface area contributed by atoms with Crippen LogP contribution in [0.2, 0.25) is 0 Å². The van der Waals surface area contributed by atoms with Gasteiger partial charge in [0.05, 0.1) is 0 Å². The second kappa shape index (κ2) is 3.39. The van der Waals surface area contributed by atoms with Gasteiger partial charge in [0.15, 0.2) is 0 Å². The highest BCUT2D eigenvalue weighted by molar-refractivity contribution is 9.09. The van der Waals surface area contributed by atoms with E-state index in [2.05, 4.69) is 54.0 Å². The van der Waals surface area contributed by atoms with Gasteiger partial charge >= 0.3 is 0 Å². The molecule has 2 aromatic rings. The predicted molar refractivity (Wildman–Crippen MR) is 80.7 cm³/mol. The molecule has 0 amide bonds. The first kappa shape index (κ1) is 11.0. The molecule has 0 saturated carbocycles. The summed E-state index contributed by atoms with van der Waals surface area (Å²) in [6, 6.07) is 9.35. The molecule has 1 atom stereocenters. The topological polar surface area (TPSA) is 0 Å². The van der Waals surface area contributed by atoms with E-state index in [4.69, 9.17) is 0 Å². The van der Waals surface area contributed by atoms with E-state index in [9.17, 15) is 0 Å². The maximum atomic E-state index is 3.88. The molecule has 92 valence electrons. The van der Waals surface area contributed by atoms with Crippen molar-refractivity contribution in [1.29, 1.82) is 0 Å². The fourth-order valence-corrected chi connectivity index (χ4v) is 5.18. The number of alkyl halides is 1. The van der Waals surface area contributed by atoms with Crippen molar-refractivity contribution in [2.75, 3.05) is 0 Å². The first-order valence-electron chi connectivity index (χ1n) is 6.80. The number of hydrogen-bond donors (Lipinski definition) is 0. The van der Waals surface area contributed by atoms with Gasteiger partial charge in [-0.15, -0.1) is 0 Å². The van der Waals surface area contributed by atoms with Crippen LogP contribution in [0.3, 0.4) is 0 Å². The normalized spacial score (nSPS) is 23.6. The Morgan fingerprint density at radius 3 is 2.78 bits per heavy atom. The Hall–Kier alpha value is -0.820. The lowest BCUT2D eigenvalue weighted by atomic mass is 9.83. The Kier molecular flexibility index (Phi) is 2.08. The van der Waals surface area contributed by atoms with Crippen molar-refractivity contribution in [1.82, 2.24) is 0 Å². The van der Waals surface area contributed by atoms with Crippen LogP contribution >= 0.6 is 15.9 Å². The molecule has 0 bridgehead atoms. The van der Waals surface area contributed by atoms with E-state index in [1.807, 2.05) is 0 Å². The van der Waals surface area contributed by atoms with E-state index in [1.54, 1.807) is 27.6 Å². The summed E-state index contributed by atoms with van der Waals surface area (Å²) >= 11 is 3.88. The minimum absolute atomic E-state index is 0.295. The molecular formula is C17H17Br. The molecule has 0 radical (unpaired) electrons. The first-order valence-corrected chi connectivity index (χ1v) is 7.71. The molecule has 0 aliphatic heterocycles. The Morgan fingerprint density at radius 2 is 1.94 bits per heavy atom. The summed E-state index contributed by atoms with van der Waals surface area (Å²) in [4.78, 5) is 0.535. The molecule has 0 N–H and O–H groups in total. The highest BCUT2D eigenvalue weighted by Crippen LogP contribution is 2.53. The lowest BCUT2D eigenvalue weighted by Gasteiger charge is -2.21. The highest BCUT2D eigenvalue weighted by Gasteiger charge is 2.38. The van der Waals surface area contributed by atoms with Gasteiger partial charge in [-0.05, 0) is 57.7 Å². The summed E-state index contributed by atoms with van der Waals surface area (Å²) in [6.07, 6.45) is 3.66. The Morgan fingerprint density at radius 1 is 1.17 bits per heavy atom. The standard InChI is InChI=1S/C17H17Br/c1-17(2)9-14(18)13-8-11-7-6-10-4-3-5-12(15(10)11)16(13)17/h3-5,8,14H,6-7,9H2,1-2H3. The molecule has 1 heteroatoms. The van der Waals surface area contributed by atoms with Gasteiger partial charge in [0, 0.05) is 4.83 Å². The molecule has 0 heterocycles. The maximum Gasteiger partial charge on any atom is 0.0406 e. The van der Waals surface area contributed by atoms with Crippen LogP contribution in [0.1, 0.15) is 47.3 Å². The zero-order valence-electron chi connectivity index (χ0n) is 10.9. The van der Waals surface area contributed by atoms with Gasteiger partial charge in [-0.1, -0.05) is 54.0 Å². The average Bonchev–Trinajstić information content (AvgIpc) is 2.82. The fourth-order valence-electron chi connectivity index (χ4n) is 4.01. The number of halogens is 1. The Bertz CT molecular complexity index is 667. The van der Waals surface area contributed by atoms with Gasteiger partial charge in [0.2, 0.25) is 0 Å². The second-order valence-corrected chi connectivity index (χ2v) is 7.50. The summed E-state index contributed by atoms with van der Waals surface area (Å²) in [5.41, 5.74) is 6.55. The largest absolute Gasteiger partial charge is 0.0838 e. The number of aryl methyl sites for hydroxylation is 2. The number of hydrogen-bond acceptors (Lipinski definition) is 0. The quantitative estimate of drug-likeness (QED) is 0.597. The van der Waals surface area contributed by atoms with Gasteiger partial charge in [0.1, 0.15) is 0 Å². The van der Waals surface area contributed by atoms with E-state index < -0.39 is 0 Å². The van der Waals surface area contributed by atoms with Crippen molar-refractivity contribution in [3.05, 3.63) is 46.5 Å². The highest BCUT2D eigenvalue weighted by atomic mass is 79.9. The van der Waals surface area contributed by atoms with Gasteiger partial charge in [-0.3, -0.25) is 0 Å². The van der Waals surface area contributed by atoms with Gasteiger partial charge < -0.3 is 0 Å². The lowest BCUT2D eigenvalue weighted by molar-refractivity contribution is 0.524. The summed E-state index contributed by atoms with van der Waals surface area (Å²) in [6.45, 7) is 4.77. The minimum atomic E-state index is 0.295. The van der Waals surface area contributed by atoms with Crippen LogP contribution in [-0.2, 0) is 18.3 Å². The maximum absolute atomic E-state index is 3.88. The van der Waals surface area contributed by atoms with Crippen LogP contribution in [0.25, 0.3) is 10.8 Å². The van der Waals surface area contributed by atoms with E-state index in [0.29, 0.717) is 10.2 Å². The second-order valence-electron chi connectivity index (χ2n) is 6.40. The van der Waals surface area contributed by atoms with Crippen LogP contribution < -0.4 is 0 Å². The molecule has 18 heavy (non-hydrogen) atoms. The van der Waals surface area contributed by atoms with Crippen LogP contribution in [0.5, 0.6) is 0 Å². The van der Waals surface area contributed by atoms with Crippen molar-refractivity contribution in [3.63, 3.8) is 0 Å². The van der Waals surface area contributed by atoms with Crippen LogP contribution in [0.15, 0.2) is 24.3 Å². The van der Waals surface area contributed by atoms with Gasteiger partial charge in [-0.25, -0.2) is 0 Å². The number of fused-ring (bicyclic) bond motifs is 2. The molecule has 0 nitrogen and oxygen atoms in total. The molecule has 0 fully saturated rings. The SMILES string of the molecule is CC1(C)CC(Br)c2cc3c4c(cccc4c21)CC3. The van der Waals surface area contributed by atoms with Gasteiger partial charge in [-0.2, -0.15) is 0 Å². The molecule has 4 rings (SSSR count). The molecule has 2 aliphatic rings. The summed E-state index contributed by atoms with van der Waals surface area (Å²) in [7, 11) is 0. The van der Waals surface area contributed by atoms with Crippen LogP contribution in [0.4, 0.5) is 0 Å². The van der Waals surface area contributed by atoms with Crippen molar-refractivity contribution in [2.45, 2.75) is 43.4 Å². The van der Waals surface area contributed by atoms with E-state index in [1.165, 1.54) is 24.6 Å². The zero-order chi connectivity index (χ0) is 12.5. The molecule has 1 unspecified atom stereocenters. The van der Waals surface area contributed by atoms with E-state index in [0.717, 1.165) is 0 Å². The van der Waals surface area contributed by atoms with Crippen molar-refractivity contribution in [3.8, 4) is 0 Å². The fraction of sp³-hybridized carbons (Fsp3) is 0.412. The van der Waals surface area contributed by atoms with Gasteiger partial charge in [0.25, 0.3) is 0 Å². The molecule has 2 aromatic carbocycles. The summed E-state index contributed by atoms with van der Waals surface area (Å²) < 4.78 is 0. The molecule has 0 aromatic heterocycles. The number of rotatable bonds is 0. The van der Waals surface area contributed by atoms with Crippen LogP contribution in [0, 0.1) is 0 Å². The predicted octanol–water partition coefficient (Wildman–Crippen LogP) is 5.06. The first-order chi connectivity index (χ1) is 8.58. The van der Waals surface area contributed by atoms with E-state index in [-0.39, 0.29) is 0 Å². The summed E-state index contributed by atoms with van der Waals surface area (Å²) in [5, 5.41) is 3.08. The zero-order valence-corrected chi connectivity index (χ0v) is 12.5. The Balaban J connectivity index is 2.20. The molecule has 0 spiro atoms. The van der Waals surface area contributed by atoms with Crippen LogP contribution in [-0.4, -0.2) is 0 Å². The Labute approximate surface area is 117 Å². The average molecular weight is 301 g/mol.